The summed E-state index contributed by atoms with van der Waals surface area (Å²) < 4.78 is 11.5. The van der Waals surface area contributed by atoms with Crippen LogP contribution in [0.5, 0.6) is 0 Å². The maximum Gasteiger partial charge on any atom is 0.180 e. The zero-order valence-corrected chi connectivity index (χ0v) is 24.8. The smallest absolute Gasteiger partial charge is 0.180 e. The van der Waals surface area contributed by atoms with Crippen molar-refractivity contribution in [1.29, 1.82) is 0 Å². The van der Waals surface area contributed by atoms with Gasteiger partial charge in [-0.1, -0.05) is 97.1 Å². The number of furan rings is 1. The quantitative estimate of drug-likeness (QED) is 0.205. The highest BCUT2D eigenvalue weighted by atomic mass is 32.1. The number of thiophene rings is 1. The molecule has 0 saturated carbocycles. The fourth-order valence-corrected chi connectivity index (χ4v) is 7.93. The van der Waals surface area contributed by atoms with Crippen LogP contribution in [0, 0.1) is 0 Å². The molecule has 0 fully saturated rings. The lowest BCUT2D eigenvalue weighted by molar-refractivity contribution is 0.667. The zero-order valence-electron chi connectivity index (χ0n) is 23.9. The Morgan fingerprint density at radius 3 is 2.18 bits per heavy atom. The van der Waals surface area contributed by atoms with Gasteiger partial charge in [0, 0.05) is 47.5 Å². The molecule has 4 heterocycles. The number of aromatic nitrogens is 3. The van der Waals surface area contributed by atoms with Gasteiger partial charge in [0.2, 0.25) is 0 Å². The molecule has 0 unspecified atom stereocenters. The highest BCUT2D eigenvalue weighted by Gasteiger charge is 2.22. The molecule has 45 heavy (non-hydrogen) atoms. The van der Waals surface area contributed by atoms with Crippen LogP contribution in [0.15, 0.2) is 144 Å². The molecule has 10 rings (SSSR count). The van der Waals surface area contributed by atoms with Gasteiger partial charge in [-0.15, -0.1) is 11.3 Å². The molecule has 0 bridgehead atoms. The second-order valence-electron chi connectivity index (χ2n) is 11.4. The van der Waals surface area contributed by atoms with Crippen molar-refractivity contribution in [2.24, 2.45) is 0 Å². The molecular formula is C40H23N3OS. The minimum absolute atomic E-state index is 0.674. The van der Waals surface area contributed by atoms with Gasteiger partial charge < -0.3 is 8.98 Å². The molecule has 0 atom stereocenters. The lowest BCUT2D eigenvalue weighted by atomic mass is 10.1. The van der Waals surface area contributed by atoms with E-state index in [9.17, 15) is 0 Å². The van der Waals surface area contributed by atoms with Crippen LogP contribution in [-0.4, -0.2) is 14.5 Å². The molecule has 210 valence electrons. The van der Waals surface area contributed by atoms with E-state index in [4.69, 9.17) is 14.4 Å². The minimum Gasteiger partial charge on any atom is -0.452 e. The Balaban J connectivity index is 1.33. The molecular weight excluding hydrogens is 571 g/mol. The molecule has 0 aliphatic heterocycles. The summed E-state index contributed by atoms with van der Waals surface area (Å²) in [4.78, 5) is 10.3. The third-order valence-electron chi connectivity index (χ3n) is 8.82. The van der Waals surface area contributed by atoms with E-state index in [-0.39, 0.29) is 0 Å². The van der Waals surface area contributed by atoms with Crippen LogP contribution in [-0.2, 0) is 0 Å². The van der Waals surface area contributed by atoms with E-state index in [1.165, 1.54) is 30.9 Å². The van der Waals surface area contributed by atoms with E-state index in [1.54, 1.807) is 0 Å². The third kappa shape index (κ3) is 3.59. The molecule has 0 aliphatic rings. The van der Waals surface area contributed by atoms with Crippen molar-refractivity contribution in [3.05, 3.63) is 140 Å². The van der Waals surface area contributed by atoms with E-state index in [0.29, 0.717) is 11.4 Å². The maximum absolute atomic E-state index is 6.54. The summed E-state index contributed by atoms with van der Waals surface area (Å²) in [6.07, 6.45) is 0. The van der Waals surface area contributed by atoms with Gasteiger partial charge in [0.1, 0.15) is 16.8 Å². The Bertz CT molecular complexity index is 2770. The van der Waals surface area contributed by atoms with Gasteiger partial charge >= 0.3 is 0 Å². The first kappa shape index (κ1) is 24.6. The molecule has 0 N–H and O–H groups in total. The average molecular weight is 594 g/mol. The normalized spacial score (nSPS) is 12.0. The zero-order chi connectivity index (χ0) is 29.5. The first-order valence-corrected chi connectivity index (χ1v) is 15.8. The van der Waals surface area contributed by atoms with E-state index in [0.717, 1.165) is 50.0 Å². The maximum atomic E-state index is 6.54. The molecule has 0 amide bonds. The van der Waals surface area contributed by atoms with E-state index in [1.807, 2.05) is 47.7 Å². The van der Waals surface area contributed by atoms with Gasteiger partial charge in [0.25, 0.3) is 0 Å². The molecule has 0 saturated heterocycles. The lowest BCUT2D eigenvalue weighted by Crippen LogP contribution is -2.00. The summed E-state index contributed by atoms with van der Waals surface area (Å²) in [5.74, 6) is 0.674. The van der Waals surface area contributed by atoms with Crippen LogP contribution in [0.4, 0.5) is 0 Å². The Kier molecular flexibility index (Phi) is 5.12. The molecule has 10 aromatic rings. The summed E-state index contributed by atoms with van der Waals surface area (Å²) in [5.41, 5.74) is 8.40. The number of hydrogen-bond donors (Lipinski definition) is 0. The second kappa shape index (κ2) is 9.36. The number of benzene rings is 6. The average Bonchev–Trinajstić information content (AvgIpc) is 3.76. The minimum atomic E-state index is 0.674. The monoisotopic (exact) mass is 593 g/mol. The number of rotatable bonds is 3. The summed E-state index contributed by atoms with van der Waals surface area (Å²) in [5, 5.41) is 6.01. The molecule has 6 aromatic carbocycles. The standard InChI is InChI=1S/C40H23N3OS/c1-2-12-24(13-3-1)40-41-37(39-38(42-40)28-17-6-10-20-34(28)44-39)27-16-5-9-19-32(27)43-31-18-8-4-14-25(31)29-23-36-30(22-33(29)43)26-15-7-11-21-35(26)45-36/h1-23H. The molecule has 4 nitrogen and oxygen atoms in total. The Labute approximate surface area is 261 Å². The van der Waals surface area contributed by atoms with Crippen LogP contribution in [0.25, 0.3) is 92.4 Å². The van der Waals surface area contributed by atoms with Gasteiger partial charge in [0.05, 0.1) is 16.7 Å². The molecule has 5 heteroatoms. The van der Waals surface area contributed by atoms with Crippen LogP contribution >= 0.6 is 11.3 Å². The summed E-state index contributed by atoms with van der Waals surface area (Å²) in [6.45, 7) is 0. The fourth-order valence-electron chi connectivity index (χ4n) is 6.81. The van der Waals surface area contributed by atoms with Crippen LogP contribution in [0.2, 0.25) is 0 Å². The van der Waals surface area contributed by atoms with E-state index >= 15 is 0 Å². The van der Waals surface area contributed by atoms with Gasteiger partial charge in [-0.3, -0.25) is 0 Å². The van der Waals surface area contributed by atoms with E-state index < -0.39 is 0 Å². The van der Waals surface area contributed by atoms with Crippen molar-refractivity contribution in [3.8, 4) is 28.3 Å². The Hall–Kier alpha value is -5.78. The summed E-state index contributed by atoms with van der Waals surface area (Å²) in [6, 6.07) is 48.9. The number of nitrogens with zero attached hydrogens (tertiary/aromatic N) is 3. The Morgan fingerprint density at radius 1 is 0.533 bits per heavy atom. The highest BCUT2D eigenvalue weighted by molar-refractivity contribution is 7.25. The Morgan fingerprint density at radius 2 is 1.27 bits per heavy atom. The van der Waals surface area contributed by atoms with Crippen molar-refractivity contribution < 1.29 is 4.42 Å². The third-order valence-corrected chi connectivity index (χ3v) is 9.96. The van der Waals surface area contributed by atoms with Crippen molar-refractivity contribution in [3.63, 3.8) is 0 Å². The second-order valence-corrected chi connectivity index (χ2v) is 12.5. The molecule has 0 spiro atoms. The molecule has 4 aromatic heterocycles. The summed E-state index contributed by atoms with van der Waals surface area (Å²) in [7, 11) is 0. The van der Waals surface area contributed by atoms with Gasteiger partial charge in [0.15, 0.2) is 11.4 Å². The van der Waals surface area contributed by atoms with Gasteiger partial charge in [-0.2, -0.15) is 0 Å². The predicted octanol–water partition coefficient (Wildman–Crippen LogP) is 11.2. The van der Waals surface area contributed by atoms with Crippen LogP contribution in [0.3, 0.4) is 0 Å². The fraction of sp³-hybridized carbons (Fsp3) is 0. The SMILES string of the molecule is c1ccc(-c2nc(-c3ccccc3-n3c4ccccc4c4cc5sc6ccccc6c5cc43)c3oc4ccccc4c3n2)cc1. The van der Waals surface area contributed by atoms with Crippen LogP contribution < -0.4 is 0 Å². The van der Waals surface area contributed by atoms with Gasteiger partial charge in [-0.25, -0.2) is 9.97 Å². The predicted molar refractivity (Wildman–Crippen MR) is 187 cm³/mol. The van der Waals surface area contributed by atoms with Gasteiger partial charge in [-0.05, 0) is 42.5 Å². The van der Waals surface area contributed by atoms with Crippen molar-refractivity contribution in [1.82, 2.24) is 14.5 Å². The van der Waals surface area contributed by atoms with Crippen molar-refractivity contribution in [2.45, 2.75) is 0 Å². The molecule has 0 aliphatic carbocycles. The first-order valence-electron chi connectivity index (χ1n) is 15.0. The lowest BCUT2D eigenvalue weighted by Gasteiger charge is -2.14. The van der Waals surface area contributed by atoms with Crippen LogP contribution in [0.1, 0.15) is 0 Å². The number of para-hydroxylation sites is 3. The number of hydrogen-bond acceptors (Lipinski definition) is 4. The topological polar surface area (TPSA) is 43.9 Å². The van der Waals surface area contributed by atoms with E-state index in [2.05, 4.69) is 108 Å². The first-order chi connectivity index (χ1) is 22.3. The largest absolute Gasteiger partial charge is 0.452 e. The highest BCUT2D eigenvalue weighted by Crippen LogP contribution is 2.43. The number of fused-ring (bicyclic) bond motifs is 9. The van der Waals surface area contributed by atoms with Crippen molar-refractivity contribution >= 4 is 75.4 Å². The van der Waals surface area contributed by atoms with Crippen molar-refractivity contribution in [2.75, 3.05) is 0 Å². The summed E-state index contributed by atoms with van der Waals surface area (Å²) >= 11 is 1.85. The molecule has 0 radical (unpaired) electrons.